The van der Waals surface area contributed by atoms with Crippen LogP contribution in [0.15, 0.2) is 65.2 Å². The highest BCUT2D eigenvalue weighted by Crippen LogP contribution is 2.28. The summed E-state index contributed by atoms with van der Waals surface area (Å²) in [5, 5.41) is 21.4. The lowest BCUT2D eigenvalue weighted by molar-refractivity contribution is 0.475. The summed E-state index contributed by atoms with van der Waals surface area (Å²) < 4.78 is 34.8. The Morgan fingerprint density at radius 2 is 1.74 bits per heavy atom. The van der Waals surface area contributed by atoms with Crippen molar-refractivity contribution in [2.75, 3.05) is 5.32 Å². The van der Waals surface area contributed by atoms with Gasteiger partial charge in [-0.2, -0.15) is 5.26 Å². The van der Waals surface area contributed by atoms with Gasteiger partial charge in [0.1, 0.15) is 29.2 Å². The molecule has 31 heavy (non-hydrogen) atoms. The fourth-order valence-corrected chi connectivity index (χ4v) is 3.24. The summed E-state index contributed by atoms with van der Waals surface area (Å²) in [7, 11) is 0. The zero-order valence-electron chi connectivity index (χ0n) is 15.9. The van der Waals surface area contributed by atoms with Crippen LogP contribution in [0.1, 0.15) is 16.9 Å². The molecule has 1 heterocycles. The molecule has 154 valence electrons. The number of hydrogen-bond donors (Lipinski definition) is 2. The summed E-state index contributed by atoms with van der Waals surface area (Å²) >= 11 is 6.00. The zero-order chi connectivity index (χ0) is 22.0. The minimum absolute atomic E-state index is 0.0688. The van der Waals surface area contributed by atoms with Crippen LogP contribution in [-0.4, -0.2) is 10.1 Å². The average molecular weight is 438 g/mol. The van der Waals surface area contributed by atoms with Crippen LogP contribution in [0.4, 0.5) is 20.5 Å². The van der Waals surface area contributed by atoms with Crippen LogP contribution in [0.3, 0.4) is 0 Å². The second-order valence-corrected chi connectivity index (χ2v) is 7.11. The molecule has 0 unspecified atom stereocenters. The van der Waals surface area contributed by atoms with Gasteiger partial charge >= 0.3 is 0 Å². The molecule has 0 aliphatic heterocycles. The topological polar surface area (TPSA) is 82.1 Å². The van der Waals surface area contributed by atoms with Crippen LogP contribution < -0.4 is 5.32 Å². The number of aromatic nitrogens is 1. The molecule has 0 aliphatic carbocycles. The zero-order valence-corrected chi connectivity index (χ0v) is 16.6. The summed E-state index contributed by atoms with van der Waals surface area (Å²) in [6.07, 6.45) is 1.25. The Morgan fingerprint density at radius 1 is 1.03 bits per heavy atom. The first-order valence-corrected chi connectivity index (χ1v) is 9.49. The van der Waals surface area contributed by atoms with Crippen LogP contribution in [0.5, 0.6) is 5.75 Å². The van der Waals surface area contributed by atoms with Gasteiger partial charge in [-0.1, -0.05) is 23.7 Å². The van der Waals surface area contributed by atoms with Crippen LogP contribution in [0.25, 0.3) is 11.1 Å². The Balaban J connectivity index is 1.52. The number of phenols is 1. The molecule has 0 spiro atoms. The Hall–Kier alpha value is -3.89. The van der Waals surface area contributed by atoms with E-state index in [1.165, 1.54) is 30.5 Å². The molecular weight excluding hydrogens is 424 g/mol. The first kappa shape index (κ1) is 20.4. The van der Waals surface area contributed by atoms with E-state index >= 15 is 0 Å². The maximum atomic E-state index is 14.6. The molecule has 1 aromatic heterocycles. The van der Waals surface area contributed by atoms with Crippen molar-refractivity contribution in [2.24, 2.45) is 0 Å². The van der Waals surface area contributed by atoms with Crippen molar-refractivity contribution in [3.05, 3.63) is 94.3 Å². The van der Waals surface area contributed by atoms with E-state index in [9.17, 15) is 13.9 Å². The molecule has 4 aromatic rings. The third-order valence-corrected chi connectivity index (χ3v) is 4.90. The molecule has 0 fully saturated rings. The lowest BCUT2D eigenvalue weighted by atomic mass is 10.0. The highest BCUT2D eigenvalue weighted by atomic mass is 35.5. The molecular formula is C23H14ClF2N3O2. The molecule has 0 atom stereocenters. The highest BCUT2D eigenvalue weighted by molar-refractivity contribution is 6.32. The number of aromatic hydroxyl groups is 1. The molecule has 0 aliphatic rings. The fourth-order valence-electron chi connectivity index (χ4n) is 3.02. The van der Waals surface area contributed by atoms with Gasteiger partial charge in [-0.3, -0.25) is 0 Å². The van der Waals surface area contributed by atoms with Gasteiger partial charge in [0.15, 0.2) is 0 Å². The van der Waals surface area contributed by atoms with Gasteiger partial charge < -0.3 is 14.8 Å². The van der Waals surface area contributed by atoms with E-state index in [4.69, 9.17) is 21.3 Å². The number of anilines is 2. The number of nitriles is 1. The second-order valence-electron chi connectivity index (χ2n) is 6.71. The van der Waals surface area contributed by atoms with E-state index in [-0.39, 0.29) is 34.5 Å². The van der Waals surface area contributed by atoms with E-state index in [1.54, 1.807) is 30.3 Å². The molecule has 0 bridgehead atoms. The predicted octanol–water partition coefficient (Wildman–Crippen LogP) is 6.18. The number of oxazole rings is 1. The van der Waals surface area contributed by atoms with Crippen molar-refractivity contribution in [3.8, 4) is 22.9 Å². The van der Waals surface area contributed by atoms with Gasteiger partial charge in [-0.15, -0.1) is 0 Å². The Kier molecular flexibility index (Phi) is 5.56. The van der Waals surface area contributed by atoms with Crippen molar-refractivity contribution in [2.45, 2.75) is 6.42 Å². The minimum Gasteiger partial charge on any atom is -0.508 e. The summed E-state index contributed by atoms with van der Waals surface area (Å²) in [5.74, 6) is -1.10. The van der Waals surface area contributed by atoms with E-state index in [1.807, 2.05) is 6.07 Å². The Bertz CT molecular complexity index is 1270. The lowest BCUT2D eigenvalue weighted by Gasteiger charge is -2.08. The number of nitrogens with zero attached hydrogens (tertiary/aromatic N) is 2. The maximum absolute atomic E-state index is 14.6. The van der Waals surface area contributed by atoms with Gasteiger partial charge in [0, 0.05) is 17.7 Å². The van der Waals surface area contributed by atoms with E-state index < -0.39 is 11.6 Å². The number of nitrogens with one attached hydrogen (secondary N) is 1. The number of halogens is 3. The van der Waals surface area contributed by atoms with Crippen LogP contribution in [0, 0.1) is 23.0 Å². The number of rotatable bonds is 5. The van der Waals surface area contributed by atoms with Crippen molar-refractivity contribution < 1.29 is 18.3 Å². The average Bonchev–Trinajstić information content (AvgIpc) is 3.18. The molecule has 0 radical (unpaired) electrons. The monoisotopic (exact) mass is 437 g/mol. The van der Waals surface area contributed by atoms with E-state index in [0.29, 0.717) is 22.4 Å². The molecule has 5 nitrogen and oxygen atoms in total. The van der Waals surface area contributed by atoms with Gasteiger partial charge in [0.05, 0.1) is 16.8 Å². The first-order chi connectivity index (χ1) is 14.9. The van der Waals surface area contributed by atoms with Crippen molar-refractivity contribution in [1.82, 2.24) is 4.98 Å². The van der Waals surface area contributed by atoms with Gasteiger partial charge in [0.2, 0.25) is 0 Å². The molecule has 2 N–H and O–H groups in total. The van der Waals surface area contributed by atoms with Gasteiger partial charge in [-0.05, 0) is 53.6 Å². The molecule has 8 heteroatoms. The summed E-state index contributed by atoms with van der Waals surface area (Å²) in [5.41, 5.74) is 1.67. The largest absolute Gasteiger partial charge is 0.508 e. The summed E-state index contributed by atoms with van der Waals surface area (Å²) in [6.45, 7) is 0. The van der Waals surface area contributed by atoms with Crippen molar-refractivity contribution >= 4 is 23.3 Å². The summed E-state index contributed by atoms with van der Waals surface area (Å²) in [6, 6.07) is 15.3. The van der Waals surface area contributed by atoms with Gasteiger partial charge in [0.25, 0.3) is 6.01 Å². The molecule has 0 saturated heterocycles. The molecule has 0 amide bonds. The van der Waals surface area contributed by atoms with Gasteiger partial charge in [-0.25, -0.2) is 13.8 Å². The third kappa shape index (κ3) is 4.49. The molecule has 0 saturated carbocycles. The predicted molar refractivity (Wildman–Crippen MR) is 112 cm³/mol. The maximum Gasteiger partial charge on any atom is 0.299 e. The third-order valence-electron chi connectivity index (χ3n) is 4.59. The van der Waals surface area contributed by atoms with E-state index in [0.717, 1.165) is 0 Å². The summed E-state index contributed by atoms with van der Waals surface area (Å²) in [4.78, 5) is 4.06. The molecule has 4 rings (SSSR count). The normalized spacial score (nSPS) is 10.6. The smallest absolute Gasteiger partial charge is 0.299 e. The highest BCUT2D eigenvalue weighted by Gasteiger charge is 2.16. The number of benzene rings is 3. The molecule has 3 aromatic carbocycles. The standard InChI is InChI=1S/C23H14ClF2N3O2/c24-20-9-16(4-1-14(20)11-27)29-23-28-12-18(31-23)10-19-21(25)7-15(8-22(19)26)13-2-5-17(30)6-3-13/h1-9,12,30H,10H2,(H,28,29). The van der Waals surface area contributed by atoms with Crippen LogP contribution >= 0.6 is 11.6 Å². The Labute approximate surface area is 181 Å². The first-order valence-electron chi connectivity index (χ1n) is 9.11. The SMILES string of the molecule is N#Cc1ccc(Nc2ncc(Cc3c(F)cc(-c4ccc(O)cc4)cc3F)o2)cc1Cl. The van der Waals surface area contributed by atoms with Crippen LogP contribution in [-0.2, 0) is 6.42 Å². The van der Waals surface area contributed by atoms with Crippen molar-refractivity contribution in [1.29, 1.82) is 5.26 Å². The quantitative estimate of drug-likeness (QED) is 0.389. The lowest BCUT2D eigenvalue weighted by Crippen LogP contribution is -1.98. The fraction of sp³-hybridized carbons (Fsp3) is 0.0435. The number of hydrogen-bond acceptors (Lipinski definition) is 5. The van der Waals surface area contributed by atoms with Crippen molar-refractivity contribution in [3.63, 3.8) is 0 Å². The number of phenolic OH excluding ortho intramolecular Hbond substituents is 1. The minimum atomic E-state index is -0.715. The Morgan fingerprint density at radius 3 is 2.39 bits per heavy atom. The van der Waals surface area contributed by atoms with E-state index in [2.05, 4.69) is 10.3 Å². The van der Waals surface area contributed by atoms with Crippen LogP contribution in [0.2, 0.25) is 5.02 Å². The second kappa shape index (κ2) is 8.46.